The van der Waals surface area contributed by atoms with Crippen molar-refractivity contribution >= 4 is 29.2 Å². The minimum atomic E-state index is -0.430. The molecule has 28 heavy (non-hydrogen) atoms. The predicted molar refractivity (Wildman–Crippen MR) is 108 cm³/mol. The maximum atomic E-state index is 12.5. The number of nitrogens with one attached hydrogen (secondary N) is 2. The number of hydrogen-bond donors (Lipinski definition) is 3. The Hall–Kier alpha value is -3.45. The molecule has 142 valence electrons. The molecule has 0 saturated heterocycles. The molecule has 1 heterocycles. The van der Waals surface area contributed by atoms with Gasteiger partial charge in [-0.1, -0.05) is 41.9 Å². The Kier molecular flexibility index (Phi) is 5.86. The highest BCUT2D eigenvalue weighted by molar-refractivity contribution is 6.31. The summed E-state index contributed by atoms with van der Waals surface area (Å²) in [5.41, 5.74) is 8.11. The number of carbonyl (C=O) groups is 2. The van der Waals surface area contributed by atoms with E-state index in [1.807, 2.05) is 18.2 Å². The summed E-state index contributed by atoms with van der Waals surface area (Å²) in [7, 11) is 1.49. The minimum absolute atomic E-state index is 0.0357. The Morgan fingerprint density at radius 1 is 1.11 bits per heavy atom. The number of amides is 2. The molecule has 0 radical (unpaired) electrons. The monoisotopic (exact) mass is 395 g/mol. The van der Waals surface area contributed by atoms with Gasteiger partial charge in [0.25, 0.3) is 11.8 Å². The summed E-state index contributed by atoms with van der Waals surface area (Å²) in [5.74, 6) is -0.645. The summed E-state index contributed by atoms with van der Waals surface area (Å²) in [5, 5.41) is 5.90. The van der Waals surface area contributed by atoms with Crippen molar-refractivity contribution < 1.29 is 9.59 Å². The van der Waals surface area contributed by atoms with Crippen molar-refractivity contribution in [3.05, 3.63) is 76.6 Å². The van der Waals surface area contributed by atoms with E-state index in [4.69, 9.17) is 17.3 Å². The standard InChI is InChI=1S/C20H18ClN5O2/c1-23-20(28)17-18(22)24-11-16(26-17)12-6-4-7-13(9-12)19(27)25-10-14-5-2-3-8-15(14)21/h2-9,11H,10H2,1H3,(H2,22,24)(H,23,28)(H,25,27). The van der Waals surface area contributed by atoms with Crippen LogP contribution in [0, 0.1) is 0 Å². The first-order valence-corrected chi connectivity index (χ1v) is 8.84. The first-order chi connectivity index (χ1) is 13.5. The van der Waals surface area contributed by atoms with Crippen LogP contribution in [-0.4, -0.2) is 28.8 Å². The Balaban J connectivity index is 1.81. The third kappa shape index (κ3) is 4.27. The number of hydrogen-bond acceptors (Lipinski definition) is 5. The minimum Gasteiger partial charge on any atom is -0.382 e. The SMILES string of the molecule is CNC(=O)c1nc(-c2cccc(C(=O)NCc3ccccc3Cl)c2)cnc1N. The van der Waals surface area contributed by atoms with Gasteiger partial charge in [-0.25, -0.2) is 9.97 Å². The summed E-state index contributed by atoms with van der Waals surface area (Å²) in [6.07, 6.45) is 1.46. The van der Waals surface area contributed by atoms with Gasteiger partial charge in [-0.3, -0.25) is 9.59 Å². The third-order valence-corrected chi connectivity index (χ3v) is 4.43. The van der Waals surface area contributed by atoms with E-state index >= 15 is 0 Å². The van der Waals surface area contributed by atoms with Crippen molar-refractivity contribution in [1.82, 2.24) is 20.6 Å². The highest BCUT2D eigenvalue weighted by Gasteiger charge is 2.14. The molecular formula is C20H18ClN5O2. The van der Waals surface area contributed by atoms with E-state index in [0.29, 0.717) is 28.4 Å². The molecule has 0 atom stereocenters. The van der Waals surface area contributed by atoms with E-state index in [-0.39, 0.29) is 17.4 Å². The fraction of sp³-hybridized carbons (Fsp3) is 0.100. The van der Waals surface area contributed by atoms with Gasteiger partial charge in [-0.05, 0) is 23.8 Å². The Morgan fingerprint density at radius 2 is 1.89 bits per heavy atom. The van der Waals surface area contributed by atoms with Gasteiger partial charge in [0.1, 0.15) is 0 Å². The molecular weight excluding hydrogens is 378 g/mol. The zero-order valence-corrected chi connectivity index (χ0v) is 15.8. The summed E-state index contributed by atoms with van der Waals surface area (Å²) < 4.78 is 0. The van der Waals surface area contributed by atoms with Crippen LogP contribution in [0.3, 0.4) is 0 Å². The summed E-state index contributed by atoms with van der Waals surface area (Å²) in [6, 6.07) is 14.2. The lowest BCUT2D eigenvalue weighted by molar-refractivity contribution is 0.0945. The zero-order valence-electron chi connectivity index (χ0n) is 15.1. The van der Waals surface area contributed by atoms with Crippen molar-refractivity contribution in [3.8, 4) is 11.3 Å². The number of benzene rings is 2. The molecule has 0 saturated carbocycles. The van der Waals surface area contributed by atoms with Crippen molar-refractivity contribution in [3.63, 3.8) is 0 Å². The second kappa shape index (κ2) is 8.49. The normalized spacial score (nSPS) is 10.4. The molecule has 0 aliphatic heterocycles. The van der Waals surface area contributed by atoms with E-state index in [1.165, 1.54) is 13.2 Å². The third-order valence-electron chi connectivity index (χ3n) is 4.06. The topological polar surface area (TPSA) is 110 Å². The predicted octanol–water partition coefficient (Wildman–Crippen LogP) is 2.67. The number of nitrogens with zero attached hydrogens (tertiary/aromatic N) is 2. The fourth-order valence-corrected chi connectivity index (χ4v) is 2.76. The molecule has 8 heteroatoms. The maximum Gasteiger partial charge on any atom is 0.273 e. The van der Waals surface area contributed by atoms with E-state index in [2.05, 4.69) is 20.6 Å². The van der Waals surface area contributed by atoms with Crippen molar-refractivity contribution in [2.24, 2.45) is 0 Å². The van der Waals surface area contributed by atoms with Crippen LogP contribution in [0.25, 0.3) is 11.3 Å². The maximum absolute atomic E-state index is 12.5. The van der Waals surface area contributed by atoms with E-state index < -0.39 is 5.91 Å². The van der Waals surface area contributed by atoms with Crippen LogP contribution >= 0.6 is 11.6 Å². The van der Waals surface area contributed by atoms with Crippen LogP contribution in [0.2, 0.25) is 5.02 Å². The molecule has 3 rings (SSSR count). The molecule has 0 unspecified atom stereocenters. The number of nitrogen functional groups attached to an aromatic ring is 1. The second-order valence-electron chi connectivity index (χ2n) is 5.92. The van der Waals surface area contributed by atoms with E-state index in [9.17, 15) is 9.59 Å². The number of halogens is 1. The number of rotatable bonds is 5. The number of aromatic nitrogens is 2. The molecule has 2 amide bonds. The molecule has 1 aromatic heterocycles. The van der Waals surface area contributed by atoms with Crippen molar-refractivity contribution in [1.29, 1.82) is 0 Å². The first-order valence-electron chi connectivity index (χ1n) is 8.46. The van der Waals surface area contributed by atoms with Crippen LogP contribution in [-0.2, 0) is 6.54 Å². The van der Waals surface area contributed by atoms with Gasteiger partial charge in [0.15, 0.2) is 11.5 Å². The van der Waals surface area contributed by atoms with Crippen LogP contribution in [0.4, 0.5) is 5.82 Å². The van der Waals surface area contributed by atoms with Crippen LogP contribution in [0.1, 0.15) is 26.4 Å². The van der Waals surface area contributed by atoms with E-state index in [1.54, 1.807) is 30.3 Å². The number of anilines is 1. The molecule has 0 aliphatic rings. The smallest absolute Gasteiger partial charge is 0.273 e. The first kappa shape index (κ1) is 19.3. The van der Waals surface area contributed by atoms with Gasteiger partial charge in [0, 0.05) is 29.7 Å². The summed E-state index contributed by atoms with van der Waals surface area (Å²) >= 11 is 6.11. The molecule has 0 aliphatic carbocycles. The van der Waals surface area contributed by atoms with Gasteiger partial charge < -0.3 is 16.4 Å². The summed E-state index contributed by atoms with van der Waals surface area (Å²) in [6.45, 7) is 0.311. The van der Waals surface area contributed by atoms with Crippen LogP contribution < -0.4 is 16.4 Å². The summed E-state index contributed by atoms with van der Waals surface area (Å²) in [4.78, 5) is 32.7. The largest absolute Gasteiger partial charge is 0.382 e. The van der Waals surface area contributed by atoms with Crippen molar-refractivity contribution in [2.75, 3.05) is 12.8 Å². The van der Waals surface area contributed by atoms with Crippen LogP contribution in [0.15, 0.2) is 54.7 Å². The number of carbonyl (C=O) groups excluding carboxylic acids is 2. The second-order valence-corrected chi connectivity index (χ2v) is 6.33. The number of nitrogens with two attached hydrogens (primary N) is 1. The van der Waals surface area contributed by atoms with Crippen LogP contribution in [0.5, 0.6) is 0 Å². The lowest BCUT2D eigenvalue weighted by Crippen LogP contribution is -2.23. The molecule has 4 N–H and O–H groups in total. The Bertz CT molecular complexity index is 1040. The van der Waals surface area contributed by atoms with Gasteiger partial charge in [0.2, 0.25) is 0 Å². The van der Waals surface area contributed by atoms with Gasteiger partial charge in [-0.15, -0.1) is 0 Å². The van der Waals surface area contributed by atoms with Crippen molar-refractivity contribution in [2.45, 2.75) is 6.54 Å². The Labute approximate surface area is 167 Å². The quantitative estimate of drug-likeness (QED) is 0.615. The fourth-order valence-electron chi connectivity index (χ4n) is 2.56. The highest BCUT2D eigenvalue weighted by Crippen LogP contribution is 2.20. The lowest BCUT2D eigenvalue weighted by atomic mass is 10.1. The average molecular weight is 396 g/mol. The van der Waals surface area contributed by atoms with Gasteiger partial charge in [0.05, 0.1) is 11.9 Å². The van der Waals surface area contributed by atoms with Gasteiger partial charge in [-0.2, -0.15) is 0 Å². The molecule has 0 spiro atoms. The van der Waals surface area contributed by atoms with E-state index in [0.717, 1.165) is 5.56 Å². The average Bonchev–Trinajstić information content (AvgIpc) is 2.73. The molecule has 3 aromatic rings. The lowest BCUT2D eigenvalue weighted by Gasteiger charge is -2.09. The molecule has 0 bridgehead atoms. The highest BCUT2D eigenvalue weighted by atomic mass is 35.5. The molecule has 0 fully saturated rings. The molecule has 7 nitrogen and oxygen atoms in total. The zero-order chi connectivity index (χ0) is 20.1. The Morgan fingerprint density at radius 3 is 2.64 bits per heavy atom. The molecule has 2 aromatic carbocycles. The van der Waals surface area contributed by atoms with Gasteiger partial charge >= 0.3 is 0 Å².